The number of thioether (sulfide) groups is 1. The van der Waals surface area contributed by atoms with Gasteiger partial charge in [0.1, 0.15) is 0 Å². The van der Waals surface area contributed by atoms with Gasteiger partial charge in [0, 0.05) is 35.6 Å². The Morgan fingerprint density at radius 3 is 2.84 bits per heavy atom. The molecule has 0 saturated carbocycles. The van der Waals surface area contributed by atoms with Gasteiger partial charge in [-0.1, -0.05) is 42.5 Å². The molecule has 4 nitrogen and oxygen atoms in total. The molecule has 0 bridgehead atoms. The van der Waals surface area contributed by atoms with Crippen molar-refractivity contribution in [1.82, 2.24) is 9.47 Å². The molecule has 3 aromatic rings. The van der Waals surface area contributed by atoms with Gasteiger partial charge in [0.25, 0.3) is 0 Å². The molecule has 1 unspecified atom stereocenters. The number of fused-ring (bicyclic) bond motifs is 2. The third-order valence-electron chi connectivity index (χ3n) is 4.73. The second kappa shape index (κ2) is 6.58. The van der Waals surface area contributed by atoms with Crippen LogP contribution >= 0.6 is 11.8 Å². The first-order chi connectivity index (χ1) is 12.1. The van der Waals surface area contributed by atoms with Gasteiger partial charge in [0.05, 0.1) is 18.4 Å². The first kappa shape index (κ1) is 16.2. The number of hydrogen-bond donors (Lipinski definition) is 1. The van der Waals surface area contributed by atoms with Crippen molar-refractivity contribution in [3.8, 4) is 0 Å². The van der Waals surface area contributed by atoms with Crippen LogP contribution in [0.2, 0.25) is 0 Å². The highest BCUT2D eigenvalue weighted by Crippen LogP contribution is 2.31. The molecule has 25 heavy (non-hydrogen) atoms. The van der Waals surface area contributed by atoms with Crippen LogP contribution in [0.15, 0.2) is 59.6 Å². The van der Waals surface area contributed by atoms with Gasteiger partial charge in [0.15, 0.2) is 0 Å². The van der Waals surface area contributed by atoms with E-state index in [1.54, 1.807) is 16.7 Å². The molecule has 2 heterocycles. The normalized spacial score (nSPS) is 16.9. The predicted molar refractivity (Wildman–Crippen MR) is 100 cm³/mol. The Bertz CT molecular complexity index is 934. The summed E-state index contributed by atoms with van der Waals surface area (Å²) in [7, 11) is 2.02. The summed E-state index contributed by atoms with van der Waals surface area (Å²) in [6.07, 6.45) is 1.47. The van der Waals surface area contributed by atoms with E-state index >= 15 is 0 Å². The van der Waals surface area contributed by atoms with E-state index in [0.29, 0.717) is 18.8 Å². The number of aliphatic hydroxyl groups is 1. The summed E-state index contributed by atoms with van der Waals surface area (Å²) in [5, 5.41) is 11.5. The molecule has 0 aliphatic carbocycles. The fraction of sp³-hybridized carbons (Fsp3) is 0.250. The number of aryl methyl sites for hydroxylation is 1. The van der Waals surface area contributed by atoms with E-state index in [2.05, 4.69) is 22.9 Å². The number of aliphatic hydroxyl groups excluding tert-OH is 1. The summed E-state index contributed by atoms with van der Waals surface area (Å²) in [5.41, 5.74) is 3.14. The molecular weight excluding hydrogens is 332 g/mol. The van der Waals surface area contributed by atoms with Crippen LogP contribution in [0, 0.1) is 0 Å². The predicted octanol–water partition coefficient (Wildman–Crippen LogP) is 3.35. The number of para-hydroxylation sites is 1. The molecule has 1 N–H and O–H groups in total. The van der Waals surface area contributed by atoms with E-state index in [0.717, 1.165) is 16.0 Å². The van der Waals surface area contributed by atoms with Crippen molar-refractivity contribution in [2.45, 2.75) is 17.5 Å². The molecule has 1 amide bonds. The van der Waals surface area contributed by atoms with Crippen molar-refractivity contribution >= 4 is 28.6 Å². The van der Waals surface area contributed by atoms with Gasteiger partial charge in [-0.05, 0) is 17.2 Å². The molecule has 0 spiro atoms. The van der Waals surface area contributed by atoms with E-state index in [1.165, 1.54) is 10.9 Å². The maximum Gasteiger partial charge on any atom is 0.233 e. The third kappa shape index (κ3) is 3.05. The molecule has 2 aromatic carbocycles. The summed E-state index contributed by atoms with van der Waals surface area (Å²) >= 11 is 1.56. The van der Waals surface area contributed by atoms with Crippen LogP contribution in [0.4, 0.5) is 0 Å². The summed E-state index contributed by atoms with van der Waals surface area (Å²) in [5.74, 6) is 0.439. The lowest BCUT2D eigenvalue weighted by Crippen LogP contribution is -2.39. The summed E-state index contributed by atoms with van der Waals surface area (Å²) in [6.45, 7) is 0.939. The van der Waals surface area contributed by atoms with Gasteiger partial charge in [-0.25, -0.2) is 0 Å². The topological polar surface area (TPSA) is 45.5 Å². The van der Waals surface area contributed by atoms with Gasteiger partial charge < -0.3 is 14.6 Å². The number of nitrogens with zero attached hydrogens (tertiary/aromatic N) is 2. The molecule has 1 atom stereocenters. The van der Waals surface area contributed by atoms with Gasteiger partial charge in [-0.15, -0.1) is 11.8 Å². The molecule has 1 aliphatic heterocycles. The Kier molecular flexibility index (Phi) is 4.27. The van der Waals surface area contributed by atoms with Crippen LogP contribution in [0.1, 0.15) is 17.2 Å². The number of hydrogen-bond acceptors (Lipinski definition) is 3. The lowest BCUT2D eigenvalue weighted by Gasteiger charge is -2.32. The molecule has 4 rings (SSSR count). The van der Waals surface area contributed by atoms with Crippen molar-refractivity contribution in [2.75, 3.05) is 12.3 Å². The van der Waals surface area contributed by atoms with Gasteiger partial charge in [-0.3, -0.25) is 4.79 Å². The fourth-order valence-electron chi connectivity index (χ4n) is 3.42. The standard InChI is InChI=1S/C20H20N2O2S/c1-21-12-19(16-8-4-5-9-17(16)21)25-13-20(24)22-10-14-6-2-3-7-15(14)18(23)11-22/h2-9,12,18,23H,10-11,13H2,1H3. The van der Waals surface area contributed by atoms with Crippen molar-refractivity contribution in [3.05, 3.63) is 65.9 Å². The van der Waals surface area contributed by atoms with Crippen molar-refractivity contribution in [2.24, 2.45) is 7.05 Å². The Balaban J connectivity index is 1.48. The molecule has 1 aliphatic rings. The lowest BCUT2D eigenvalue weighted by atomic mass is 9.97. The summed E-state index contributed by atoms with van der Waals surface area (Å²) in [6, 6.07) is 16.0. The largest absolute Gasteiger partial charge is 0.387 e. The van der Waals surface area contributed by atoms with Crippen LogP contribution in [0.5, 0.6) is 0 Å². The molecule has 5 heteroatoms. The van der Waals surface area contributed by atoms with Crippen molar-refractivity contribution in [1.29, 1.82) is 0 Å². The highest BCUT2D eigenvalue weighted by molar-refractivity contribution is 8.00. The number of carbonyl (C=O) groups is 1. The van der Waals surface area contributed by atoms with Crippen LogP contribution < -0.4 is 0 Å². The van der Waals surface area contributed by atoms with E-state index < -0.39 is 6.10 Å². The number of carbonyl (C=O) groups excluding carboxylic acids is 1. The number of benzene rings is 2. The Labute approximate surface area is 151 Å². The van der Waals surface area contributed by atoms with Crippen molar-refractivity contribution in [3.63, 3.8) is 0 Å². The Morgan fingerprint density at radius 2 is 1.96 bits per heavy atom. The van der Waals surface area contributed by atoms with Crippen LogP contribution in [-0.4, -0.2) is 32.8 Å². The highest BCUT2D eigenvalue weighted by atomic mass is 32.2. The minimum absolute atomic E-state index is 0.0616. The third-order valence-corrected chi connectivity index (χ3v) is 5.76. The number of aromatic nitrogens is 1. The minimum Gasteiger partial charge on any atom is -0.387 e. The molecular formula is C20H20N2O2S. The van der Waals surface area contributed by atoms with Crippen LogP contribution in [0.25, 0.3) is 10.9 Å². The lowest BCUT2D eigenvalue weighted by molar-refractivity contribution is -0.131. The minimum atomic E-state index is -0.601. The zero-order valence-electron chi connectivity index (χ0n) is 14.1. The molecule has 0 saturated heterocycles. The summed E-state index contributed by atoms with van der Waals surface area (Å²) in [4.78, 5) is 15.5. The average molecular weight is 352 g/mol. The van der Waals surface area contributed by atoms with Gasteiger partial charge in [0.2, 0.25) is 5.91 Å². The maximum atomic E-state index is 12.7. The van der Waals surface area contributed by atoms with Gasteiger partial charge >= 0.3 is 0 Å². The van der Waals surface area contributed by atoms with E-state index in [-0.39, 0.29) is 5.91 Å². The summed E-state index contributed by atoms with van der Waals surface area (Å²) < 4.78 is 2.09. The Hall–Kier alpha value is -2.24. The van der Waals surface area contributed by atoms with Gasteiger partial charge in [-0.2, -0.15) is 0 Å². The average Bonchev–Trinajstić information content (AvgIpc) is 2.96. The monoisotopic (exact) mass is 352 g/mol. The molecule has 1 aromatic heterocycles. The number of amides is 1. The van der Waals surface area contributed by atoms with Crippen molar-refractivity contribution < 1.29 is 9.90 Å². The highest BCUT2D eigenvalue weighted by Gasteiger charge is 2.26. The van der Waals surface area contributed by atoms with E-state index in [1.807, 2.05) is 43.4 Å². The maximum absolute atomic E-state index is 12.7. The Morgan fingerprint density at radius 1 is 1.20 bits per heavy atom. The zero-order valence-corrected chi connectivity index (χ0v) is 14.9. The van der Waals surface area contributed by atoms with E-state index in [9.17, 15) is 9.90 Å². The smallest absolute Gasteiger partial charge is 0.233 e. The van der Waals surface area contributed by atoms with E-state index in [4.69, 9.17) is 0 Å². The number of β-amino-alcohol motifs (C(OH)–C–C–N with tert-alkyl or cyclic N) is 1. The van der Waals surface area contributed by atoms with Crippen LogP contribution in [-0.2, 0) is 18.4 Å². The first-order valence-electron chi connectivity index (χ1n) is 8.34. The second-order valence-corrected chi connectivity index (χ2v) is 7.42. The SMILES string of the molecule is Cn1cc(SCC(=O)N2Cc3ccccc3C(O)C2)c2ccccc21. The number of rotatable bonds is 3. The second-order valence-electron chi connectivity index (χ2n) is 6.40. The molecule has 128 valence electrons. The first-order valence-corrected chi connectivity index (χ1v) is 9.32. The fourth-order valence-corrected chi connectivity index (χ4v) is 4.44. The zero-order chi connectivity index (χ0) is 17.4. The van der Waals surface area contributed by atoms with Crippen LogP contribution in [0.3, 0.4) is 0 Å². The molecule has 0 radical (unpaired) electrons. The molecule has 0 fully saturated rings. The quantitative estimate of drug-likeness (QED) is 0.736.